The normalized spacial score (nSPS) is 17.9. The van der Waals surface area contributed by atoms with Crippen molar-refractivity contribution in [2.45, 2.75) is 38.1 Å². The molecule has 0 saturated heterocycles. The number of carbonyl (C=O) groups excluding carboxylic acids is 1. The average Bonchev–Trinajstić information content (AvgIpc) is 2.37. The Labute approximate surface area is 112 Å². The van der Waals surface area contributed by atoms with E-state index in [1.165, 1.54) is 7.11 Å². The maximum atomic E-state index is 11.5. The lowest BCUT2D eigenvalue weighted by atomic mass is 9.96. The topological polar surface area (TPSA) is 111 Å². The van der Waals surface area contributed by atoms with Crippen LogP contribution in [0.25, 0.3) is 0 Å². The lowest BCUT2D eigenvalue weighted by molar-refractivity contribution is 0.155. The van der Waals surface area contributed by atoms with Gasteiger partial charge in [0.25, 0.3) is 0 Å². The molecule has 0 aromatic rings. The fraction of sp³-hybridized carbons (Fsp3) is 0.800. The summed E-state index contributed by atoms with van der Waals surface area (Å²) in [6.45, 7) is 0. The van der Waals surface area contributed by atoms with Crippen LogP contribution in [0.1, 0.15) is 32.1 Å². The number of carbonyl (C=O) groups is 1. The summed E-state index contributed by atoms with van der Waals surface area (Å²) in [4.78, 5) is 15.6. The zero-order valence-corrected chi connectivity index (χ0v) is 11.9. The molecular weight excluding hydrogens is 274 g/mol. The minimum Gasteiger partial charge on any atom is -0.467 e. The molecule has 1 aliphatic rings. The van der Waals surface area contributed by atoms with Crippen LogP contribution in [-0.2, 0) is 19.7 Å². The molecule has 1 saturated carbocycles. The number of hydrogen-bond acceptors (Lipinski definition) is 6. The monoisotopic (exact) mass is 293 g/mol. The average molecular weight is 293 g/mol. The van der Waals surface area contributed by atoms with Crippen molar-refractivity contribution in [1.29, 1.82) is 0 Å². The Morgan fingerprint density at radius 1 is 1.21 bits per heavy atom. The van der Waals surface area contributed by atoms with Gasteiger partial charge in [-0.05, 0) is 12.8 Å². The molecule has 0 unspecified atom stereocenters. The summed E-state index contributed by atoms with van der Waals surface area (Å²) in [6, 6.07) is -0.432. The van der Waals surface area contributed by atoms with E-state index in [0.29, 0.717) is 0 Å². The number of methoxy groups -OCH3 is 2. The van der Waals surface area contributed by atoms with E-state index >= 15 is 0 Å². The summed E-state index contributed by atoms with van der Waals surface area (Å²) in [5, 5.41) is 4.97. The third-order valence-corrected chi connectivity index (χ3v) is 3.63. The van der Waals surface area contributed by atoms with E-state index < -0.39 is 16.3 Å². The van der Waals surface area contributed by atoms with Crippen LogP contribution in [0.3, 0.4) is 0 Å². The predicted molar refractivity (Wildman–Crippen MR) is 68.7 cm³/mol. The largest absolute Gasteiger partial charge is 0.467 e. The number of hydrogen-bond donors (Lipinski definition) is 1. The number of nitrogens with zero attached hydrogens (tertiary/aromatic N) is 2. The van der Waals surface area contributed by atoms with Gasteiger partial charge in [-0.2, -0.15) is 8.42 Å². The van der Waals surface area contributed by atoms with Gasteiger partial charge in [-0.3, -0.25) is 0 Å². The molecule has 0 aromatic carbocycles. The van der Waals surface area contributed by atoms with Gasteiger partial charge in [-0.15, -0.1) is 4.31 Å². The second-order valence-corrected chi connectivity index (χ2v) is 5.58. The van der Waals surface area contributed by atoms with E-state index in [-0.39, 0.29) is 16.4 Å². The third-order valence-electron chi connectivity index (χ3n) is 2.82. The van der Waals surface area contributed by atoms with Crippen molar-refractivity contribution in [3.63, 3.8) is 0 Å². The summed E-state index contributed by atoms with van der Waals surface area (Å²) in [5.41, 5.74) is 0. The van der Waals surface area contributed by atoms with Crippen LogP contribution in [-0.4, -0.2) is 45.1 Å². The molecule has 0 radical (unpaired) electrons. The fourth-order valence-corrected chi connectivity index (χ4v) is 2.55. The molecule has 1 fully saturated rings. The van der Waals surface area contributed by atoms with Gasteiger partial charge in [0.05, 0.1) is 20.3 Å². The molecule has 110 valence electrons. The number of amidine groups is 1. The molecule has 1 amide bonds. The Bertz CT molecular complexity index is 442. The van der Waals surface area contributed by atoms with E-state index in [2.05, 4.69) is 9.73 Å². The van der Waals surface area contributed by atoms with Crippen LogP contribution in [0, 0.1) is 0 Å². The number of nitrogens with two attached hydrogens (primary N) is 1. The lowest BCUT2D eigenvalue weighted by Gasteiger charge is -2.22. The van der Waals surface area contributed by atoms with Crippen molar-refractivity contribution < 1.29 is 22.7 Å². The maximum Gasteiger partial charge on any atom is 0.432 e. The van der Waals surface area contributed by atoms with Gasteiger partial charge in [0, 0.05) is 0 Å². The van der Waals surface area contributed by atoms with Gasteiger partial charge >= 0.3 is 22.3 Å². The van der Waals surface area contributed by atoms with Crippen molar-refractivity contribution in [2.75, 3.05) is 14.2 Å². The van der Waals surface area contributed by atoms with Gasteiger partial charge in [-0.25, -0.2) is 14.9 Å². The first-order valence-corrected chi connectivity index (χ1v) is 7.43. The molecule has 19 heavy (non-hydrogen) atoms. The molecule has 0 aromatic heterocycles. The zero-order chi connectivity index (χ0) is 14.5. The summed E-state index contributed by atoms with van der Waals surface area (Å²) in [7, 11) is -2.06. The van der Waals surface area contributed by atoms with Crippen LogP contribution >= 0.6 is 0 Å². The van der Waals surface area contributed by atoms with Gasteiger partial charge in [0.2, 0.25) is 0 Å². The van der Waals surface area contributed by atoms with Crippen LogP contribution in [0.15, 0.2) is 4.99 Å². The number of rotatable bonds is 2. The highest BCUT2D eigenvalue weighted by Gasteiger charge is 2.32. The van der Waals surface area contributed by atoms with Crippen LogP contribution in [0.2, 0.25) is 0 Å². The first-order valence-electron chi connectivity index (χ1n) is 5.93. The summed E-state index contributed by atoms with van der Waals surface area (Å²) in [6.07, 6.45) is 3.65. The highest BCUT2D eigenvalue weighted by Crippen LogP contribution is 2.21. The summed E-state index contributed by atoms with van der Waals surface area (Å²) < 4.78 is 32.3. The summed E-state index contributed by atoms with van der Waals surface area (Å²) >= 11 is 0. The number of amides is 1. The highest BCUT2D eigenvalue weighted by molar-refractivity contribution is 7.87. The molecule has 0 atom stereocenters. The molecule has 0 bridgehead atoms. The molecule has 2 N–H and O–H groups in total. The van der Waals surface area contributed by atoms with Crippen molar-refractivity contribution in [2.24, 2.45) is 10.1 Å². The molecule has 8 nitrogen and oxygen atoms in total. The van der Waals surface area contributed by atoms with Crippen LogP contribution in [0.4, 0.5) is 4.79 Å². The Morgan fingerprint density at radius 3 is 2.21 bits per heavy atom. The standard InChI is InChI=1S/C10H19N3O5S/c1-17-9(12-8-6-4-3-5-7-8)13(10(14)18-2)19(11,15)16/h8H,3-7H2,1-2H3,(H2,11,15,16). The molecule has 0 heterocycles. The minimum atomic E-state index is -4.34. The van der Waals surface area contributed by atoms with E-state index in [9.17, 15) is 13.2 Å². The number of aliphatic imine (C=N–C) groups is 1. The SMILES string of the molecule is COC(=O)N(C(=NC1CCCCC1)OC)S(N)(=O)=O. The van der Waals surface area contributed by atoms with Gasteiger partial charge in [0.1, 0.15) is 0 Å². The van der Waals surface area contributed by atoms with Crippen molar-refractivity contribution >= 4 is 22.3 Å². The first-order chi connectivity index (χ1) is 8.90. The lowest BCUT2D eigenvalue weighted by Crippen LogP contribution is -2.46. The minimum absolute atomic E-state index is 0.0717. The maximum absolute atomic E-state index is 11.5. The quantitative estimate of drug-likeness (QED) is 0.591. The van der Waals surface area contributed by atoms with Crippen molar-refractivity contribution in [3.8, 4) is 0 Å². The Morgan fingerprint density at radius 2 is 1.79 bits per heavy atom. The van der Waals surface area contributed by atoms with Gasteiger partial charge in [-0.1, -0.05) is 19.3 Å². The third kappa shape index (κ3) is 4.35. The highest BCUT2D eigenvalue weighted by atomic mass is 32.2. The number of ether oxygens (including phenoxy) is 2. The molecule has 1 rings (SSSR count). The molecular formula is C10H19N3O5S. The van der Waals surface area contributed by atoms with Crippen molar-refractivity contribution in [1.82, 2.24) is 4.31 Å². The molecule has 0 spiro atoms. The van der Waals surface area contributed by atoms with E-state index in [1.807, 2.05) is 0 Å². The van der Waals surface area contributed by atoms with Crippen LogP contribution in [0.5, 0.6) is 0 Å². The molecule has 0 aliphatic heterocycles. The second kappa shape index (κ2) is 6.71. The van der Waals surface area contributed by atoms with Gasteiger partial charge in [0.15, 0.2) is 0 Å². The first kappa shape index (κ1) is 15.7. The zero-order valence-electron chi connectivity index (χ0n) is 11.0. The van der Waals surface area contributed by atoms with E-state index in [0.717, 1.165) is 39.2 Å². The molecule has 1 aliphatic carbocycles. The smallest absolute Gasteiger partial charge is 0.432 e. The molecule has 9 heteroatoms. The Kier molecular flexibility index (Phi) is 5.55. The second-order valence-electron chi connectivity index (χ2n) is 4.19. The fourth-order valence-electron chi connectivity index (χ4n) is 1.93. The Balaban J connectivity index is 3.02. The van der Waals surface area contributed by atoms with Crippen molar-refractivity contribution in [3.05, 3.63) is 0 Å². The predicted octanol–water partition coefficient (Wildman–Crippen LogP) is 0.593. The van der Waals surface area contributed by atoms with E-state index in [4.69, 9.17) is 9.88 Å². The van der Waals surface area contributed by atoms with E-state index in [1.54, 1.807) is 0 Å². The summed E-state index contributed by atoms with van der Waals surface area (Å²) in [5.74, 6) is 0. The Hall–Kier alpha value is -1.35. The van der Waals surface area contributed by atoms with Gasteiger partial charge < -0.3 is 9.47 Å². The van der Waals surface area contributed by atoms with Crippen LogP contribution < -0.4 is 5.14 Å².